The summed E-state index contributed by atoms with van der Waals surface area (Å²) < 4.78 is 0. The molecule has 2 aliphatic heterocycles. The lowest BCUT2D eigenvalue weighted by Gasteiger charge is -2.45. The highest BCUT2D eigenvalue weighted by Gasteiger charge is 2.47. The first-order valence-corrected chi connectivity index (χ1v) is 8.48. The van der Waals surface area contributed by atoms with Crippen LogP contribution in [-0.2, 0) is 0 Å². The molecular formula is C17H32N2. The standard InChI is InChI=1S/C17H32N2/c1-5-15-14-10-18-9-13(14)11-19(15)16-6-7-17(3,4)8-12(16)2/h12-16,18H,5-11H2,1-4H3. The van der Waals surface area contributed by atoms with E-state index >= 15 is 0 Å². The van der Waals surface area contributed by atoms with E-state index in [0.29, 0.717) is 5.41 Å². The summed E-state index contributed by atoms with van der Waals surface area (Å²) in [5.74, 6) is 2.75. The summed E-state index contributed by atoms with van der Waals surface area (Å²) in [6.07, 6.45) is 5.60. The predicted molar refractivity (Wildman–Crippen MR) is 81.2 cm³/mol. The Morgan fingerprint density at radius 3 is 2.74 bits per heavy atom. The van der Waals surface area contributed by atoms with Crippen LogP contribution in [0.25, 0.3) is 0 Å². The van der Waals surface area contributed by atoms with Gasteiger partial charge in [0.2, 0.25) is 0 Å². The Labute approximate surface area is 119 Å². The summed E-state index contributed by atoms with van der Waals surface area (Å²) in [6, 6.07) is 1.72. The second-order valence-corrected chi connectivity index (χ2v) is 8.21. The molecule has 3 aliphatic rings. The maximum Gasteiger partial charge on any atom is 0.0140 e. The van der Waals surface area contributed by atoms with E-state index < -0.39 is 0 Å². The third kappa shape index (κ3) is 2.47. The second kappa shape index (κ2) is 5.04. The molecule has 19 heavy (non-hydrogen) atoms. The Kier molecular flexibility index (Phi) is 3.68. The van der Waals surface area contributed by atoms with E-state index in [4.69, 9.17) is 0 Å². The minimum Gasteiger partial charge on any atom is -0.316 e. The fourth-order valence-electron chi connectivity index (χ4n) is 5.40. The van der Waals surface area contributed by atoms with Crippen molar-refractivity contribution in [1.82, 2.24) is 10.2 Å². The highest BCUT2D eigenvalue weighted by atomic mass is 15.2. The van der Waals surface area contributed by atoms with Crippen LogP contribution in [0.1, 0.15) is 53.4 Å². The molecule has 0 amide bonds. The van der Waals surface area contributed by atoms with Crippen LogP contribution in [0.5, 0.6) is 0 Å². The van der Waals surface area contributed by atoms with E-state index in [-0.39, 0.29) is 0 Å². The van der Waals surface area contributed by atoms with Crippen LogP contribution in [0.2, 0.25) is 0 Å². The summed E-state index contributed by atoms with van der Waals surface area (Å²) in [5, 5.41) is 3.61. The summed E-state index contributed by atoms with van der Waals surface area (Å²) >= 11 is 0. The zero-order valence-electron chi connectivity index (χ0n) is 13.3. The number of hydrogen-bond donors (Lipinski definition) is 1. The third-order valence-electron chi connectivity index (χ3n) is 6.25. The van der Waals surface area contributed by atoms with Crippen LogP contribution in [0.15, 0.2) is 0 Å². The average molecular weight is 264 g/mol. The van der Waals surface area contributed by atoms with Crippen LogP contribution in [0, 0.1) is 23.2 Å². The van der Waals surface area contributed by atoms with E-state index in [9.17, 15) is 0 Å². The van der Waals surface area contributed by atoms with E-state index in [0.717, 1.165) is 29.8 Å². The highest BCUT2D eigenvalue weighted by Crippen LogP contribution is 2.44. The average Bonchev–Trinajstić information content (AvgIpc) is 2.87. The summed E-state index contributed by atoms with van der Waals surface area (Å²) in [6.45, 7) is 13.7. The Bertz CT molecular complexity index is 325. The molecule has 0 aromatic rings. The highest BCUT2D eigenvalue weighted by molar-refractivity contribution is 5.02. The predicted octanol–water partition coefficient (Wildman–Crippen LogP) is 3.13. The molecule has 2 nitrogen and oxygen atoms in total. The normalized spacial score (nSPS) is 46.4. The van der Waals surface area contributed by atoms with Gasteiger partial charge in [0, 0.05) is 18.6 Å². The fraction of sp³-hybridized carbons (Fsp3) is 1.00. The molecule has 1 N–H and O–H groups in total. The maximum atomic E-state index is 3.61. The Morgan fingerprint density at radius 2 is 2.05 bits per heavy atom. The first kappa shape index (κ1) is 13.9. The fourth-order valence-corrected chi connectivity index (χ4v) is 5.40. The van der Waals surface area contributed by atoms with Gasteiger partial charge in [0.25, 0.3) is 0 Å². The summed E-state index contributed by atoms with van der Waals surface area (Å²) in [4.78, 5) is 2.93. The van der Waals surface area contributed by atoms with Gasteiger partial charge in [-0.25, -0.2) is 0 Å². The number of nitrogens with zero attached hydrogens (tertiary/aromatic N) is 1. The monoisotopic (exact) mass is 264 g/mol. The lowest BCUT2D eigenvalue weighted by atomic mass is 9.70. The van der Waals surface area contributed by atoms with Crippen molar-refractivity contribution < 1.29 is 0 Å². The van der Waals surface area contributed by atoms with Gasteiger partial charge in [0.05, 0.1) is 0 Å². The molecule has 3 fully saturated rings. The minimum atomic E-state index is 0.578. The van der Waals surface area contributed by atoms with Crippen LogP contribution in [0.3, 0.4) is 0 Å². The molecule has 2 heterocycles. The third-order valence-corrected chi connectivity index (χ3v) is 6.25. The SMILES string of the molecule is CCC1C2CNCC2CN1C1CCC(C)(C)CC1C. The zero-order valence-corrected chi connectivity index (χ0v) is 13.3. The van der Waals surface area contributed by atoms with Gasteiger partial charge in [-0.15, -0.1) is 0 Å². The molecule has 0 aromatic heterocycles. The van der Waals surface area contributed by atoms with Gasteiger partial charge in [-0.1, -0.05) is 27.7 Å². The quantitative estimate of drug-likeness (QED) is 0.824. The number of nitrogens with one attached hydrogen (secondary N) is 1. The van der Waals surface area contributed by atoms with Gasteiger partial charge in [-0.3, -0.25) is 4.90 Å². The van der Waals surface area contributed by atoms with E-state index in [1.54, 1.807) is 0 Å². The molecule has 5 unspecified atom stereocenters. The largest absolute Gasteiger partial charge is 0.316 e. The van der Waals surface area contributed by atoms with Gasteiger partial charge < -0.3 is 5.32 Å². The molecule has 110 valence electrons. The summed E-state index contributed by atoms with van der Waals surface area (Å²) in [7, 11) is 0. The van der Waals surface area contributed by atoms with Crippen LogP contribution in [-0.4, -0.2) is 36.6 Å². The molecule has 2 saturated heterocycles. The number of hydrogen-bond acceptors (Lipinski definition) is 2. The Balaban J connectivity index is 1.72. The molecule has 0 radical (unpaired) electrons. The van der Waals surface area contributed by atoms with Crippen molar-refractivity contribution in [1.29, 1.82) is 0 Å². The minimum absolute atomic E-state index is 0.578. The van der Waals surface area contributed by atoms with Crippen LogP contribution >= 0.6 is 0 Å². The first-order valence-electron chi connectivity index (χ1n) is 8.48. The molecule has 1 aliphatic carbocycles. The van der Waals surface area contributed by atoms with Crippen molar-refractivity contribution in [3.05, 3.63) is 0 Å². The van der Waals surface area contributed by atoms with Crippen LogP contribution < -0.4 is 5.32 Å². The van der Waals surface area contributed by atoms with Gasteiger partial charge in [0.15, 0.2) is 0 Å². The molecule has 0 spiro atoms. The molecule has 0 aromatic carbocycles. The molecule has 0 bridgehead atoms. The lowest BCUT2D eigenvalue weighted by Crippen LogP contribution is -2.48. The Morgan fingerprint density at radius 1 is 1.26 bits per heavy atom. The molecule has 5 atom stereocenters. The number of likely N-dealkylation sites (tertiary alicyclic amines) is 1. The van der Waals surface area contributed by atoms with Crippen molar-refractivity contribution in [3.63, 3.8) is 0 Å². The van der Waals surface area contributed by atoms with Crippen LogP contribution in [0.4, 0.5) is 0 Å². The van der Waals surface area contributed by atoms with Gasteiger partial charge in [-0.05, 0) is 61.9 Å². The summed E-state index contributed by atoms with van der Waals surface area (Å²) in [5.41, 5.74) is 0.578. The smallest absolute Gasteiger partial charge is 0.0140 e. The van der Waals surface area contributed by atoms with Crippen molar-refractivity contribution in [2.45, 2.75) is 65.5 Å². The van der Waals surface area contributed by atoms with Crippen molar-refractivity contribution in [2.24, 2.45) is 23.2 Å². The number of rotatable bonds is 2. The molecule has 3 rings (SSSR count). The van der Waals surface area contributed by atoms with Gasteiger partial charge in [-0.2, -0.15) is 0 Å². The Hall–Kier alpha value is -0.0800. The van der Waals surface area contributed by atoms with Gasteiger partial charge >= 0.3 is 0 Å². The van der Waals surface area contributed by atoms with Crippen molar-refractivity contribution >= 4 is 0 Å². The van der Waals surface area contributed by atoms with E-state index in [1.165, 1.54) is 45.3 Å². The van der Waals surface area contributed by atoms with Crippen molar-refractivity contribution in [3.8, 4) is 0 Å². The second-order valence-electron chi connectivity index (χ2n) is 8.21. The van der Waals surface area contributed by atoms with Crippen molar-refractivity contribution in [2.75, 3.05) is 19.6 Å². The topological polar surface area (TPSA) is 15.3 Å². The molecule has 1 saturated carbocycles. The first-order chi connectivity index (χ1) is 9.02. The van der Waals surface area contributed by atoms with E-state index in [2.05, 4.69) is 37.9 Å². The molecular weight excluding hydrogens is 232 g/mol. The number of fused-ring (bicyclic) bond motifs is 1. The molecule has 2 heteroatoms. The van der Waals surface area contributed by atoms with E-state index in [1.807, 2.05) is 0 Å². The maximum absolute atomic E-state index is 3.61. The lowest BCUT2D eigenvalue weighted by molar-refractivity contribution is 0.0435. The zero-order chi connectivity index (χ0) is 13.6. The van der Waals surface area contributed by atoms with Gasteiger partial charge in [0.1, 0.15) is 0 Å².